The monoisotopic (exact) mass is 293 g/mol. The molecule has 1 aromatic heterocycles. The van der Waals surface area contributed by atoms with E-state index in [0.29, 0.717) is 38.5 Å². The topological polar surface area (TPSA) is 91.8 Å². The Hall–Kier alpha value is -1.99. The van der Waals surface area contributed by atoms with Gasteiger partial charge < -0.3 is 20.1 Å². The number of hydrogen-bond acceptors (Lipinski definition) is 5. The molecule has 0 spiro atoms. The molecule has 114 valence electrons. The summed E-state index contributed by atoms with van der Waals surface area (Å²) >= 11 is 0. The zero-order valence-electron chi connectivity index (χ0n) is 11.9. The second kappa shape index (κ2) is 7.14. The fourth-order valence-electron chi connectivity index (χ4n) is 2.10. The highest BCUT2D eigenvalue weighted by Crippen LogP contribution is 2.03. The van der Waals surface area contributed by atoms with Gasteiger partial charge in [0.2, 0.25) is 5.91 Å². The van der Waals surface area contributed by atoms with Crippen molar-refractivity contribution in [2.45, 2.75) is 19.5 Å². The number of nitrogens with zero attached hydrogens (tertiary/aromatic N) is 2. The van der Waals surface area contributed by atoms with Gasteiger partial charge in [0.05, 0.1) is 24.9 Å². The van der Waals surface area contributed by atoms with Crippen molar-refractivity contribution in [3.63, 3.8) is 0 Å². The maximum atomic E-state index is 12.2. The lowest BCUT2D eigenvalue weighted by Gasteiger charge is -2.29. The molecule has 21 heavy (non-hydrogen) atoms. The van der Waals surface area contributed by atoms with Gasteiger partial charge in [0.1, 0.15) is 5.69 Å². The summed E-state index contributed by atoms with van der Waals surface area (Å²) in [4.78, 5) is 28.8. The molecule has 7 heteroatoms. The molecule has 7 nitrogen and oxygen atoms in total. The van der Waals surface area contributed by atoms with E-state index in [4.69, 9.17) is 9.84 Å². The minimum absolute atomic E-state index is 0.00135. The normalized spacial score (nSPS) is 16.5. The third-order valence-corrected chi connectivity index (χ3v) is 3.31. The summed E-state index contributed by atoms with van der Waals surface area (Å²) in [6.45, 7) is 4.49. The first-order chi connectivity index (χ1) is 10.1. The molecule has 0 radical (unpaired) electrons. The van der Waals surface area contributed by atoms with E-state index in [-0.39, 0.29) is 17.6 Å². The Bertz CT molecular complexity index is 515. The fraction of sp³-hybridized carbons (Fsp3) is 0.500. The molecule has 1 amide bonds. The third-order valence-electron chi connectivity index (χ3n) is 3.31. The van der Waals surface area contributed by atoms with E-state index in [1.807, 2.05) is 0 Å². The summed E-state index contributed by atoms with van der Waals surface area (Å²) in [6, 6.07) is 4.46. The van der Waals surface area contributed by atoms with Crippen LogP contribution < -0.4 is 5.32 Å². The van der Waals surface area contributed by atoms with Gasteiger partial charge in [0.15, 0.2) is 0 Å². The van der Waals surface area contributed by atoms with E-state index in [2.05, 4.69) is 10.3 Å². The molecule has 1 atom stereocenters. The molecule has 1 saturated heterocycles. The fourth-order valence-corrected chi connectivity index (χ4v) is 2.10. The van der Waals surface area contributed by atoms with Gasteiger partial charge in [-0.15, -0.1) is 0 Å². The van der Waals surface area contributed by atoms with Crippen LogP contribution in [0.15, 0.2) is 18.2 Å². The van der Waals surface area contributed by atoms with Crippen LogP contribution >= 0.6 is 0 Å². The van der Waals surface area contributed by atoms with Crippen molar-refractivity contribution in [2.24, 2.45) is 0 Å². The van der Waals surface area contributed by atoms with E-state index >= 15 is 0 Å². The number of carboxylic acid groups (broad SMARTS) is 1. The summed E-state index contributed by atoms with van der Waals surface area (Å²) in [7, 11) is 0. The van der Waals surface area contributed by atoms with Gasteiger partial charge in [-0.2, -0.15) is 0 Å². The van der Waals surface area contributed by atoms with Crippen molar-refractivity contribution in [3.8, 4) is 0 Å². The Labute approximate surface area is 122 Å². The number of ether oxygens (including phenoxy) is 1. The summed E-state index contributed by atoms with van der Waals surface area (Å²) in [6.07, 6.45) is 0. The molecule has 2 rings (SSSR count). The highest BCUT2D eigenvalue weighted by molar-refractivity contribution is 5.85. The van der Waals surface area contributed by atoms with Crippen molar-refractivity contribution in [1.29, 1.82) is 0 Å². The number of aromatic carboxylic acids is 1. The highest BCUT2D eigenvalue weighted by Gasteiger charge is 2.22. The lowest BCUT2D eigenvalue weighted by atomic mass is 10.2. The van der Waals surface area contributed by atoms with Crippen molar-refractivity contribution >= 4 is 11.9 Å². The largest absolute Gasteiger partial charge is 0.477 e. The van der Waals surface area contributed by atoms with Gasteiger partial charge in [-0.1, -0.05) is 6.07 Å². The van der Waals surface area contributed by atoms with Crippen molar-refractivity contribution in [2.75, 3.05) is 26.3 Å². The van der Waals surface area contributed by atoms with Gasteiger partial charge in [-0.3, -0.25) is 4.79 Å². The predicted octanol–water partition coefficient (Wildman–Crippen LogP) is 0.117. The first-order valence-corrected chi connectivity index (χ1v) is 6.87. The second-order valence-electron chi connectivity index (χ2n) is 4.86. The van der Waals surface area contributed by atoms with Crippen LogP contribution in [0, 0.1) is 0 Å². The Balaban J connectivity index is 1.88. The van der Waals surface area contributed by atoms with Gasteiger partial charge in [0.25, 0.3) is 0 Å². The van der Waals surface area contributed by atoms with E-state index in [0.717, 1.165) is 0 Å². The smallest absolute Gasteiger partial charge is 0.354 e. The molecule has 2 N–H and O–H groups in total. The maximum absolute atomic E-state index is 12.2. The van der Waals surface area contributed by atoms with Crippen LogP contribution in [-0.2, 0) is 16.1 Å². The van der Waals surface area contributed by atoms with Crippen LogP contribution in [-0.4, -0.2) is 59.2 Å². The van der Waals surface area contributed by atoms with Crippen LogP contribution in [0.4, 0.5) is 0 Å². The molecule has 1 fully saturated rings. The zero-order chi connectivity index (χ0) is 15.2. The van der Waals surface area contributed by atoms with E-state index < -0.39 is 5.97 Å². The van der Waals surface area contributed by atoms with Crippen LogP contribution in [0.1, 0.15) is 23.1 Å². The van der Waals surface area contributed by atoms with E-state index in [9.17, 15) is 9.59 Å². The molecular weight excluding hydrogens is 274 g/mol. The van der Waals surface area contributed by atoms with Crippen molar-refractivity contribution < 1.29 is 19.4 Å². The first kappa shape index (κ1) is 15.4. The number of carboxylic acids is 1. The number of hydrogen-bond donors (Lipinski definition) is 2. The average Bonchev–Trinajstić information content (AvgIpc) is 2.53. The molecule has 0 saturated carbocycles. The number of pyridine rings is 1. The summed E-state index contributed by atoms with van der Waals surface area (Å²) in [5.41, 5.74) is 0.595. The Morgan fingerprint density at radius 2 is 2.14 bits per heavy atom. The van der Waals surface area contributed by atoms with Crippen molar-refractivity contribution in [1.82, 2.24) is 15.2 Å². The third kappa shape index (κ3) is 4.24. The van der Waals surface area contributed by atoms with Gasteiger partial charge >= 0.3 is 5.97 Å². The lowest BCUT2D eigenvalue weighted by Crippen LogP contribution is -2.49. The minimum Gasteiger partial charge on any atom is -0.477 e. The van der Waals surface area contributed by atoms with E-state index in [1.165, 1.54) is 6.07 Å². The predicted molar refractivity (Wildman–Crippen MR) is 74.9 cm³/mol. The Morgan fingerprint density at radius 3 is 2.81 bits per heavy atom. The molecule has 2 heterocycles. The number of amides is 1. The molecule has 1 aromatic rings. The zero-order valence-corrected chi connectivity index (χ0v) is 11.9. The molecule has 0 bridgehead atoms. The van der Waals surface area contributed by atoms with Crippen molar-refractivity contribution in [3.05, 3.63) is 29.6 Å². The van der Waals surface area contributed by atoms with Crippen LogP contribution in [0.5, 0.6) is 0 Å². The number of carbonyl (C=O) groups excluding carboxylic acids is 1. The maximum Gasteiger partial charge on any atom is 0.354 e. The molecule has 1 unspecified atom stereocenters. The summed E-state index contributed by atoms with van der Waals surface area (Å²) in [5.74, 6) is -1.04. The number of nitrogens with one attached hydrogen (secondary N) is 1. The second-order valence-corrected chi connectivity index (χ2v) is 4.86. The van der Waals surface area contributed by atoms with Gasteiger partial charge in [-0.05, 0) is 19.1 Å². The molecular formula is C14H19N3O4. The Morgan fingerprint density at radius 1 is 1.43 bits per heavy atom. The number of aromatic nitrogens is 1. The van der Waals surface area contributed by atoms with Crippen LogP contribution in [0.3, 0.4) is 0 Å². The molecule has 1 aliphatic heterocycles. The van der Waals surface area contributed by atoms with Crippen LogP contribution in [0.25, 0.3) is 0 Å². The standard InChI is InChI=1S/C14H19N3O4/c1-10(13(18)17-5-7-21-8-6-17)15-9-11-3-2-4-12(16-11)14(19)20/h2-4,10,15H,5-9H2,1H3,(H,19,20). The first-order valence-electron chi connectivity index (χ1n) is 6.87. The SMILES string of the molecule is CC(NCc1cccc(C(=O)O)n1)C(=O)N1CCOCC1. The molecule has 0 aromatic carbocycles. The minimum atomic E-state index is -1.06. The highest BCUT2D eigenvalue weighted by atomic mass is 16.5. The summed E-state index contributed by atoms with van der Waals surface area (Å²) < 4.78 is 5.21. The Kier molecular flexibility index (Phi) is 5.24. The number of morpholine rings is 1. The molecule has 0 aliphatic carbocycles. The quantitative estimate of drug-likeness (QED) is 0.801. The average molecular weight is 293 g/mol. The van der Waals surface area contributed by atoms with Gasteiger partial charge in [-0.25, -0.2) is 9.78 Å². The van der Waals surface area contributed by atoms with Gasteiger partial charge in [0, 0.05) is 19.6 Å². The lowest BCUT2D eigenvalue weighted by molar-refractivity contribution is -0.137. The number of rotatable bonds is 5. The van der Waals surface area contributed by atoms with Crippen LogP contribution in [0.2, 0.25) is 0 Å². The number of carbonyl (C=O) groups is 2. The van der Waals surface area contributed by atoms with E-state index in [1.54, 1.807) is 24.0 Å². The molecule has 1 aliphatic rings. The summed E-state index contributed by atoms with van der Waals surface area (Å²) in [5, 5.41) is 12.0.